The molecular formula is C16H22N4O2. The number of hydrogen-bond donors (Lipinski definition) is 3. The Morgan fingerprint density at radius 2 is 2.09 bits per heavy atom. The van der Waals surface area contributed by atoms with E-state index in [-0.39, 0.29) is 12.5 Å². The van der Waals surface area contributed by atoms with Gasteiger partial charge in [0.05, 0.1) is 12.1 Å². The molecule has 4 N–H and O–H groups in total. The second-order valence-corrected chi connectivity index (χ2v) is 5.86. The molecule has 2 aromatic heterocycles. The standard InChI is InChI=1S/C16H22N4O2/c17-9-13-7-12(10-22-13)16(21)18-15-8-14(19-20-15)11-5-3-1-2-4-6-11/h7-8,10-11H,1-6,9,17H2,(H2,18,19,20,21). The Hall–Kier alpha value is -2.08. The third-order valence-electron chi connectivity index (χ3n) is 4.25. The Labute approximate surface area is 129 Å². The highest BCUT2D eigenvalue weighted by atomic mass is 16.3. The van der Waals surface area contributed by atoms with Gasteiger partial charge in [-0.15, -0.1) is 0 Å². The smallest absolute Gasteiger partial charge is 0.260 e. The summed E-state index contributed by atoms with van der Waals surface area (Å²) in [6.07, 6.45) is 8.96. The lowest BCUT2D eigenvalue weighted by Gasteiger charge is -2.10. The number of aromatic amines is 1. The summed E-state index contributed by atoms with van der Waals surface area (Å²) in [6, 6.07) is 3.59. The molecular weight excluding hydrogens is 280 g/mol. The molecule has 1 saturated carbocycles. The van der Waals surface area contributed by atoms with E-state index in [1.165, 1.54) is 44.8 Å². The summed E-state index contributed by atoms with van der Waals surface area (Å²) in [7, 11) is 0. The number of furan rings is 1. The molecule has 3 rings (SSSR count). The molecule has 0 atom stereocenters. The van der Waals surface area contributed by atoms with Crippen molar-refractivity contribution in [1.29, 1.82) is 0 Å². The Kier molecular flexibility index (Phi) is 4.58. The summed E-state index contributed by atoms with van der Waals surface area (Å²) >= 11 is 0. The van der Waals surface area contributed by atoms with Crippen LogP contribution in [0, 0.1) is 0 Å². The van der Waals surface area contributed by atoms with Gasteiger partial charge in [-0.3, -0.25) is 9.89 Å². The normalized spacial score (nSPS) is 16.4. The molecule has 118 valence electrons. The number of rotatable bonds is 4. The van der Waals surface area contributed by atoms with E-state index >= 15 is 0 Å². The van der Waals surface area contributed by atoms with Crippen LogP contribution in [-0.4, -0.2) is 16.1 Å². The molecule has 22 heavy (non-hydrogen) atoms. The second-order valence-electron chi connectivity index (χ2n) is 5.86. The van der Waals surface area contributed by atoms with E-state index in [2.05, 4.69) is 15.5 Å². The van der Waals surface area contributed by atoms with Crippen LogP contribution in [0.5, 0.6) is 0 Å². The fraction of sp³-hybridized carbons (Fsp3) is 0.500. The molecule has 0 unspecified atom stereocenters. The number of carbonyl (C=O) groups is 1. The number of carbonyl (C=O) groups excluding carboxylic acids is 1. The van der Waals surface area contributed by atoms with Gasteiger partial charge in [0.1, 0.15) is 12.0 Å². The molecule has 1 fully saturated rings. The molecule has 0 bridgehead atoms. The molecule has 0 aromatic carbocycles. The maximum absolute atomic E-state index is 12.1. The Morgan fingerprint density at radius 3 is 2.77 bits per heavy atom. The number of hydrogen-bond acceptors (Lipinski definition) is 4. The van der Waals surface area contributed by atoms with Crippen LogP contribution >= 0.6 is 0 Å². The van der Waals surface area contributed by atoms with Crippen LogP contribution in [0.25, 0.3) is 0 Å². The third-order valence-corrected chi connectivity index (χ3v) is 4.25. The molecule has 1 amide bonds. The van der Waals surface area contributed by atoms with Crippen molar-refractivity contribution < 1.29 is 9.21 Å². The highest BCUT2D eigenvalue weighted by Gasteiger charge is 2.18. The molecule has 0 spiro atoms. The first-order valence-corrected chi connectivity index (χ1v) is 7.90. The summed E-state index contributed by atoms with van der Waals surface area (Å²) in [5, 5.41) is 10.1. The van der Waals surface area contributed by atoms with Crippen molar-refractivity contribution in [2.45, 2.75) is 51.0 Å². The van der Waals surface area contributed by atoms with E-state index in [1.54, 1.807) is 6.07 Å². The Balaban J connectivity index is 1.64. The number of amides is 1. The molecule has 0 saturated heterocycles. The van der Waals surface area contributed by atoms with Crippen molar-refractivity contribution >= 4 is 11.7 Å². The highest BCUT2D eigenvalue weighted by Crippen LogP contribution is 2.31. The van der Waals surface area contributed by atoms with Crippen molar-refractivity contribution in [3.05, 3.63) is 35.4 Å². The minimum atomic E-state index is -0.234. The van der Waals surface area contributed by atoms with Crippen LogP contribution in [-0.2, 0) is 6.54 Å². The zero-order valence-electron chi connectivity index (χ0n) is 12.6. The van der Waals surface area contributed by atoms with Gasteiger partial charge in [-0.2, -0.15) is 5.10 Å². The average Bonchev–Trinajstić information content (AvgIpc) is 3.11. The third kappa shape index (κ3) is 3.39. The number of nitrogens with zero attached hydrogens (tertiary/aromatic N) is 1. The first-order chi connectivity index (χ1) is 10.8. The molecule has 0 aliphatic heterocycles. The van der Waals surface area contributed by atoms with Crippen molar-refractivity contribution in [2.24, 2.45) is 5.73 Å². The molecule has 1 aliphatic rings. The molecule has 6 heteroatoms. The molecule has 2 heterocycles. The quantitative estimate of drug-likeness (QED) is 0.756. The summed E-state index contributed by atoms with van der Waals surface area (Å²) in [5.41, 5.74) is 7.05. The summed E-state index contributed by atoms with van der Waals surface area (Å²) in [5.74, 6) is 1.44. The molecule has 6 nitrogen and oxygen atoms in total. The van der Waals surface area contributed by atoms with Gasteiger partial charge in [-0.05, 0) is 18.9 Å². The maximum atomic E-state index is 12.1. The lowest BCUT2D eigenvalue weighted by Crippen LogP contribution is -2.11. The Bertz CT molecular complexity index is 624. The van der Waals surface area contributed by atoms with Gasteiger partial charge in [-0.25, -0.2) is 0 Å². The van der Waals surface area contributed by atoms with E-state index < -0.39 is 0 Å². The zero-order valence-corrected chi connectivity index (χ0v) is 12.6. The van der Waals surface area contributed by atoms with Crippen LogP contribution in [0.15, 0.2) is 22.8 Å². The monoisotopic (exact) mass is 302 g/mol. The van der Waals surface area contributed by atoms with Gasteiger partial charge in [-0.1, -0.05) is 25.7 Å². The van der Waals surface area contributed by atoms with Crippen molar-refractivity contribution in [3.63, 3.8) is 0 Å². The van der Waals surface area contributed by atoms with Crippen LogP contribution in [0.3, 0.4) is 0 Å². The topological polar surface area (TPSA) is 96.9 Å². The van der Waals surface area contributed by atoms with Gasteiger partial charge in [0.15, 0.2) is 5.82 Å². The minimum absolute atomic E-state index is 0.234. The second kappa shape index (κ2) is 6.79. The van der Waals surface area contributed by atoms with Gasteiger partial charge in [0, 0.05) is 17.7 Å². The van der Waals surface area contributed by atoms with E-state index in [9.17, 15) is 4.79 Å². The van der Waals surface area contributed by atoms with E-state index in [1.807, 2.05) is 6.07 Å². The van der Waals surface area contributed by atoms with Gasteiger partial charge in [0.2, 0.25) is 0 Å². The number of nitrogens with one attached hydrogen (secondary N) is 2. The lowest BCUT2D eigenvalue weighted by molar-refractivity contribution is 0.102. The van der Waals surface area contributed by atoms with E-state index in [0.29, 0.717) is 23.1 Å². The first kappa shape index (κ1) is 14.8. The van der Waals surface area contributed by atoms with Crippen LogP contribution in [0.1, 0.15) is 66.3 Å². The van der Waals surface area contributed by atoms with Crippen LogP contribution in [0.2, 0.25) is 0 Å². The number of nitrogens with two attached hydrogens (primary N) is 1. The maximum Gasteiger partial charge on any atom is 0.260 e. The highest BCUT2D eigenvalue weighted by molar-refractivity contribution is 6.03. The number of H-pyrrole nitrogens is 1. The van der Waals surface area contributed by atoms with Gasteiger partial charge < -0.3 is 15.5 Å². The van der Waals surface area contributed by atoms with E-state index in [4.69, 9.17) is 10.2 Å². The number of anilines is 1. The van der Waals surface area contributed by atoms with Crippen molar-refractivity contribution in [1.82, 2.24) is 10.2 Å². The predicted molar refractivity (Wildman–Crippen MR) is 83.6 cm³/mol. The SMILES string of the molecule is NCc1cc(C(=O)Nc2cc(C3CCCCCC3)[nH]n2)co1. The zero-order chi connectivity index (χ0) is 15.4. The summed E-state index contributed by atoms with van der Waals surface area (Å²) in [6.45, 7) is 0.279. The van der Waals surface area contributed by atoms with Crippen molar-refractivity contribution in [3.8, 4) is 0 Å². The van der Waals surface area contributed by atoms with Crippen molar-refractivity contribution in [2.75, 3.05) is 5.32 Å². The largest absolute Gasteiger partial charge is 0.467 e. The fourth-order valence-electron chi connectivity index (χ4n) is 3.00. The fourth-order valence-corrected chi connectivity index (χ4v) is 3.00. The first-order valence-electron chi connectivity index (χ1n) is 7.90. The molecule has 1 aliphatic carbocycles. The molecule has 0 radical (unpaired) electrons. The Morgan fingerprint density at radius 1 is 1.32 bits per heavy atom. The predicted octanol–water partition coefficient (Wildman–Crippen LogP) is 3.15. The van der Waals surface area contributed by atoms with Gasteiger partial charge >= 0.3 is 0 Å². The average molecular weight is 302 g/mol. The lowest BCUT2D eigenvalue weighted by atomic mass is 9.97. The minimum Gasteiger partial charge on any atom is -0.467 e. The summed E-state index contributed by atoms with van der Waals surface area (Å²) < 4.78 is 5.17. The van der Waals surface area contributed by atoms with Gasteiger partial charge in [0.25, 0.3) is 5.91 Å². The van der Waals surface area contributed by atoms with Crippen LogP contribution < -0.4 is 11.1 Å². The van der Waals surface area contributed by atoms with Crippen LogP contribution in [0.4, 0.5) is 5.82 Å². The molecule has 2 aromatic rings. The summed E-state index contributed by atoms with van der Waals surface area (Å²) in [4.78, 5) is 12.1. The number of aromatic nitrogens is 2. The van der Waals surface area contributed by atoms with E-state index in [0.717, 1.165) is 5.69 Å².